The van der Waals surface area contributed by atoms with Crippen molar-refractivity contribution in [2.45, 2.75) is 19.3 Å². The Bertz CT molecular complexity index is 917. The van der Waals surface area contributed by atoms with E-state index in [0.29, 0.717) is 26.4 Å². The Morgan fingerprint density at radius 2 is 2.19 bits per heavy atom. The number of nitrogens with one attached hydrogen (secondary N) is 1. The zero-order chi connectivity index (χ0) is 18.7. The van der Waals surface area contributed by atoms with Gasteiger partial charge in [0.05, 0.1) is 22.7 Å². The third kappa shape index (κ3) is 3.74. The normalized spacial score (nSPS) is 12.2. The highest BCUT2D eigenvalue weighted by atomic mass is 79.9. The number of amides is 1. The lowest BCUT2D eigenvalue weighted by molar-refractivity contribution is -0.118. The van der Waals surface area contributed by atoms with E-state index in [9.17, 15) is 14.9 Å². The fourth-order valence-corrected chi connectivity index (χ4v) is 4.53. The molecule has 0 saturated heterocycles. The van der Waals surface area contributed by atoms with Crippen molar-refractivity contribution >= 4 is 44.1 Å². The van der Waals surface area contributed by atoms with Crippen molar-refractivity contribution in [3.8, 4) is 11.8 Å². The van der Waals surface area contributed by atoms with Crippen LogP contribution in [0.25, 0.3) is 0 Å². The van der Waals surface area contributed by atoms with Gasteiger partial charge in [0.2, 0.25) is 0 Å². The molecule has 1 amide bonds. The van der Waals surface area contributed by atoms with Crippen molar-refractivity contribution in [1.82, 2.24) is 0 Å². The molecule has 8 heteroatoms. The predicted molar refractivity (Wildman–Crippen MR) is 101 cm³/mol. The van der Waals surface area contributed by atoms with Crippen molar-refractivity contribution < 1.29 is 19.1 Å². The zero-order valence-electron chi connectivity index (χ0n) is 13.9. The number of aryl methyl sites for hydroxylation is 1. The first-order chi connectivity index (χ1) is 12.5. The summed E-state index contributed by atoms with van der Waals surface area (Å²) in [6.07, 6.45) is 2.91. The smallest absolute Gasteiger partial charge is 0.337 e. The van der Waals surface area contributed by atoms with Crippen LogP contribution in [-0.4, -0.2) is 25.6 Å². The number of hydrogen-bond acceptors (Lipinski definition) is 6. The molecule has 0 radical (unpaired) electrons. The van der Waals surface area contributed by atoms with Crippen molar-refractivity contribution in [1.29, 1.82) is 5.26 Å². The molecular weight excluding hydrogens is 420 g/mol. The topological polar surface area (TPSA) is 88.4 Å². The fourth-order valence-electron chi connectivity index (χ4n) is 2.78. The largest absolute Gasteiger partial charge is 0.483 e. The number of halogens is 1. The van der Waals surface area contributed by atoms with E-state index >= 15 is 0 Å². The van der Waals surface area contributed by atoms with Crippen LogP contribution in [0.1, 0.15) is 32.8 Å². The van der Waals surface area contributed by atoms with Crippen molar-refractivity contribution in [3.05, 3.63) is 44.2 Å². The third-order valence-corrected chi connectivity index (χ3v) is 5.82. The van der Waals surface area contributed by atoms with Crippen LogP contribution in [0.5, 0.6) is 5.75 Å². The van der Waals surface area contributed by atoms with Crippen LogP contribution in [0.15, 0.2) is 22.7 Å². The lowest BCUT2D eigenvalue weighted by Crippen LogP contribution is -2.20. The number of hydrogen-bond donors (Lipinski definition) is 1. The highest BCUT2D eigenvalue weighted by Crippen LogP contribution is 2.38. The minimum Gasteiger partial charge on any atom is -0.483 e. The zero-order valence-corrected chi connectivity index (χ0v) is 16.3. The molecule has 1 aliphatic rings. The number of methoxy groups -OCH3 is 1. The van der Waals surface area contributed by atoms with Gasteiger partial charge in [0, 0.05) is 4.88 Å². The first-order valence-corrected chi connectivity index (χ1v) is 9.49. The number of anilines is 1. The third-order valence-electron chi connectivity index (χ3n) is 4.00. The quantitative estimate of drug-likeness (QED) is 0.724. The minimum atomic E-state index is -0.454. The molecule has 134 valence electrons. The average Bonchev–Trinajstić information content (AvgIpc) is 3.20. The van der Waals surface area contributed by atoms with Gasteiger partial charge < -0.3 is 14.8 Å². The van der Waals surface area contributed by atoms with Gasteiger partial charge in [-0.15, -0.1) is 11.3 Å². The number of thiophene rings is 1. The molecule has 3 rings (SSSR count). The van der Waals surface area contributed by atoms with Gasteiger partial charge in [0.15, 0.2) is 6.61 Å². The molecule has 0 saturated carbocycles. The number of nitriles is 1. The van der Waals surface area contributed by atoms with E-state index in [1.54, 1.807) is 18.2 Å². The van der Waals surface area contributed by atoms with E-state index in [2.05, 4.69) is 32.1 Å². The van der Waals surface area contributed by atoms with E-state index in [4.69, 9.17) is 4.74 Å². The SMILES string of the molecule is COC(=O)c1ccc(OCC(=O)Nc2sc3c(c2C#N)CCC3)c(Br)c1. The van der Waals surface area contributed by atoms with Crippen LogP contribution in [-0.2, 0) is 22.4 Å². The summed E-state index contributed by atoms with van der Waals surface area (Å²) < 4.78 is 10.7. The Labute approximate surface area is 162 Å². The number of rotatable bonds is 5. The van der Waals surface area contributed by atoms with Gasteiger partial charge >= 0.3 is 5.97 Å². The Balaban J connectivity index is 1.63. The number of esters is 1. The highest BCUT2D eigenvalue weighted by molar-refractivity contribution is 9.10. The first kappa shape index (κ1) is 18.4. The lowest BCUT2D eigenvalue weighted by atomic mass is 10.1. The molecule has 0 spiro atoms. The van der Waals surface area contributed by atoms with Crippen LogP contribution in [0.2, 0.25) is 0 Å². The second-order valence-corrected chi connectivity index (χ2v) is 7.61. The van der Waals surface area contributed by atoms with E-state index < -0.39 is 5.97 Å². The number of benzene rings is 1. The van der Waals surface area contributed by atoms with Gasteiger partial charge in [-0.3, -0.25) is 4.79 Å². The molecule has 1 aromatic heterocycles. The molecule has 1 aliphatic carbocycles. The number of carbonyl (C=O) groups is 2. The van der Waals surface area contributed by atoms with Gasteiger partial charge in [-0.2, -0.15) is 5.26 Å². The standard InChI is InChI=1S/C18H15BrN2O4S/c1-24-18(23)10-5-6-14(13(19)7-10)25-9-16(22)21-17-12(8-20)11-3-2-4-15(11)26-17/h5-7H,2-4,9H2,1H3,(H,21,22). The second kappa shape index (κ2) is 7.89. The number of ether oxygens (including phenoxy) is 2. The molecule has 1 N–H and O–H groups in total. The molecule has 1 aromatic carbocycles. The molecule has 2 aromatic rings. The van der Waals surface area contributed by atoms with Crippen LogP contribution in [0.4, 0.5) is 5.00 Å². The maximum absolute atomic E-state index is 12.2. The van der Waals surface area contributed by atoms with Gasteiger partial charge in [-0.25, -0.2) is 4.79 Å². The Morgan fingerprint density at radius 1 is 1.38 bits per heavy atom. The summed E-state index contributed by atoms with van der Waals surface area (Å²) in [5.74, 6) is -0.364. The van der Waals surface area contributed by atoms with E-state index in [1.807, 2.05) is 0 Å². The molecule has 26 heavy (non-hydrogen) atoms. The monoisotopic (exact) mass is 434 g/mol. The summed E-state index contributed by atoms with van der Waals surface area (Å²) >= 11 is 4.77. The van der Waals surface area contributed by atoms with Gasteiger partial charge in [-0.1, -0.05) is 0 Å². The lowest BCUT2D eigenvalue weighted by Gasteiger charge is -2.09. The summed E-state index contributed by atoms with van der Waals surface area (Å²) in [6.45, 7) is -0.205. The number of nitrogens with zero attached hydrogens (tertiary/aromatic N) is 1. The van der Waals surface area contributed by atoms with Crippen molar-refractivity contribution in [2.75, 3.05) is 19.0 Å². The molecular formula is C18H15BrN2O4S. The molecule has 0 atom stereocenters. The van der Waals surface area contributed by atoms with Crippen LogP contribution < -0.4 is 10.1 Å². The van der Waals surface area contributed by atoms with E-state index in [0.717, 1.165) is 24.8 Å². The predicted octanol–water partition coefficient (Wildman–Crippen LogP) is 3.68. The minimum absolute atomic E-state index is 0.205. The van der Waals surface area contributed by atoms with Gasteiger partial charge in [0.1, 0.15) is 16.8 Å². The maximum atomic E-state index is 12.2. The molecule has 0 aliphatic heterocycles. The summed E-state index contributed by atoms with van der Waals surface area (Å²) in [4.78, 5) is 24.9. The number of carbonyl (C=O) groups excluding carboxylic acids is 2. The van der Waals surface area contributed by atoms with Crippen molar-refractivity contribution in [3.63, 3.8) is 0 Å². The van der Waals surface area contributed by atoms with Crippen LogP contribution in [0, 0.1) is 11.3 Å². The molecule has 1 heterocycles. The molecule has 0 bridgehead atoms. The summed E-state index contributed by atoms with van der Waals surface area (Å²) in [5, 5.41) is 12.7. The Hall–Kier alpha value is -2.37. The molecule has 0 fully saturated rings. The fraction of sp³-hybridized carbons (Fsp3) is 0.278. The van der Waals surface area contributed by atoms with E-state index in [-0.39, 0.29) is 12.5 Å². The maximum Gasteiger partial charge on any atom is 0.337 e. The second-order valence-electron chi connectivity index (χ2n) is 5.65. The van der Waals surface area contributed by atoms with Crippen LogP contribution in [0.3, 0.4) is 0 Å². The summed E-state index contributed by atoms with van der Waals surface area (Å²) in [6, 6.07) is 6.90. The highest BCUT2D eigenvalue weighted by Gasteiger charge is 2.23. The van der Waals surface area contributed by atoms with Crippen LogP contribution >= 0.6 is 27.3 Å². The molecule has 0 unspecified atom stereocenters. The summed E-state index contributed by atoms with van der Waals surface area (Å²) in [5.41, 5.74) is 2.01. The first-order valence-electron chi connectivity index (χ1n) is 7.88. The number of fused-ring (bicyclic) bond motifs is 1. The van der Waals surface area contributed by atoms with E-state index in [1.165, 1.54) is 23.3 Å². The average molecular weight is 435 g/mol. The Kier molecular flexibility index (Phi) is 5.59. The summed E-state index contributed by atoms with van der Waals surface area (Å²) in [7, 11) is 1.31. The van der Waals surface area contributed by atoms with Crippen molar-refractivity contribution in [2.24, 2.45) is 0 Å². The molecule has 6 nitrogen and oxygen atoms in total. The Morgan fingerprint density at radius 3 is 2.88 bits per heavy atom. The van der Waals surface area contributed by atoms with Gasteiger partial charge in [0.25, 0.3) is 5.91 Å². The van der Waals surface area contributed by atoms with Gasteiger partial charge in [-0.05, 0) is 59.0 Å².